The van der Waals surface area contributed by atoms with E-state index in [9.17, 15) is 18.0 Å². The third-order valence-corrected chi connectivity index (χ3v) is 6.44. The molecular formula is C20H27F3N6O. The van der Waals surface area contributed by atoms with E-state index in [2.05, 4.69) is 20.6 Å². The molecule has 0 atom stereocenters. The summed E-state index contributed by atoms with van der Waals surface area (Å²) in [6.07, 6.45) is 2.23. The van der Waals surface area contributed by atoms with Crippen LogP contribution in [0.5, 0.6) is 0 Å². The summed E-state index contributed by atoms with van der Waals surface area (Å²) in [7, 11) is 0. The van der Waals surface area contributed by atoms with Gasteiger partial charge in [-0.25, -0.2) is 0 Å². The number of nitrogens with one attached hydrogen (secondary N) is 1. The quantitative estimate of drug-likeness (QED) is 0.817. The van der Waals surface area contributed by atoms with Crippen LogP contribution >= 0.6 is 0 Å². The van der Waals surface area contributed by atoms with E-state index in [0.29, 0.717) is 24.5 Å². The van der Waals surface area contributed by atoms with Gasteiger partial charge in [0.1, 0.15) is 0 Å². The number of alkyl halides is 3. The number of amides is 1. The first-order valence-corrected chi connectivity index (χ1v) is 10.6. The summed E-state index contributed by atoms with van der Waals surface area (Å²) in [4.78, 5) is 14.5. The summed E-state index contributed by atoms with van der Waals surface area (Å²) < 4.78 is 40.6. The molecular weight excluding hydrogens is 397 g/mol. The highest BCUT2D eigenvalue weighted by atomic mass is 19.4. The maximum Gasteiger partial charge on any atom is 0.453 e. The number of halogens is 3. The molecule has 2 aromatic rings. The fourth-order valence-electron chi connectivity index (χ4n) is 4.51. The average molecular weight is 424 g/mol. The first-order valence-electron chi connectivity index (χ1n) is 10.6. The lowest BCUT2D eigenvalue weighted by Gasteiger charge is -2.35. The molecule has 1 saturated carbocycles. The Morgan fingerprint density at radius 3 is 2.30 bits per heavy atom. The van der Waals surface area contributed by atoms with Crippen molar-refractivity contribution < 1.29 is 18.0 Å². The topological polar surface area (TPSA) is 75.4 Å². The highest BCUT2D eigenvalue weighted by Crippen LogP contribution is 2.31. The molecule has 30 heavy (non-hydrogen) atoms. The maximum atomic E-state index is 13.3. The predicted molar refractivity (Wildman–Crippen MR) is 105 cm³/mol. The lowest BCUT2D eigenvalue weighted by Crippen LogP contribution is -2.47. The molecule has 0 aromatic carbocycles. The summed E-state index contributed by atoms with van der Waals surface area (Å²) in [6, 6.07) is 0.0986. The molecule has 10 heteroatoms. The molecule has 0 spiro atoms. The minimum absolute atomic E-state index is 0.0986. The van der Waals surface area contributed by atoms with Gasteiger partial charge in [0.15, 0.2) is 11.5 Å². The summed E-state index contributed by atoms with van der Waals surface area (Å²) >= 11 is 0. The van der Waals surface area contributed by atoms with Gasteiger partial charge in [-0.2, -0.15) is 17.7 Å². The number of hydrogen-bond acceptors (Lipinski definition) is 5. The van der Waals surface area contributed by atoms with Gasteiger partial charge in [0, 0.05) is 36.2 Å². The van der Waals surface area contributed by atoms with E-state index < -0.39 is 12.0 Å². The number of anilines is 1. The minimum atomic E-state index is -4.62. The van der Waals surface area contributed by atoms with Gasteiger partial charge in [0.25, 0.3) is 5.82 Å². The van der Waals surface area contributed by atoms with Crippen molar-refractivity contribution in [2.24, 2.45) is 5.92 Å². The lowest BCUT2D eigenvalue weighted by atomic mass is 9.88. The van der Waals surface area contributed by atoms with Crippen molar-refractivity contribution in [2.45, 2.75) is 71.0 Å². The van der Waals surface area contributed by atoms with Crippen LogP contribution in [0, 0.1) is 19.8 Å². The second kappa shape index (κ2) is 8.03. The van der Waals surface area contributed by atoms with Crippen LogP contribution in [0.1, 0.15) is 61.9 Å². The zero-order valence-electron chi connectivity index (χ0n) is 17.3. The van der Waals surface area contributed by atoms with Crippen LogP contribution in [0.25, 0.3) is 5.65 Å². The van der Waals surface area contributed by atoms with E-state index in [-0.39, 0.29) is 23.5 Å². The monoisotopic (exact) mass is 424 g/mol. The van der Waals surface area contributed by atoms with Crippen molar-refractivity contribution in [3.63, 3.8) is 0 Å². The number of aromatic nitrogens is 4. The number of hydrogen-bond donors (Lipinski definition) is 1. The second-order valence-corrected chi connectivity index (χ2v) is 8.44. The Kier molecular flexibility index (Phi) is 5.59. The van der Waals surface area contributed by atoms with E-state index >= 15 is 0 Å². The van der Waals surface area contributed by atoms with Crippen LogP contribution in [0.3, 0.4) is 0 Å². The zero-order valence-corrected chi connectivity index (χ0v) is 17.3. The molecule has 2 aliphatic rings. The molecule has 2 fully saturated rings. The van der Waals surface area contributed by atoms with Crippen molar-refractivity contribution >= 4 is 17.4 Å². The largest absolute Gasteiger partial charge is 0.453 e. The Morgan fingerprint density at radius 1 is 1.00 bits per heavy atom. The van der Waals surface area contributed by atoms with E-state index in [4.69, 9.17) is 0 Å². The van der Waals surface area contributed by atoms with Crippen LogP contribution in [0.4, 0.5) is 19.0 Å². The Bertz CT molecular complexity index is 927. The van der Waals surface area contributed by atoms with E-state index in [1.54, 1.807) is 6.92 Å². The third-order valence-electron chi connectivity index (χ3n) is 6.44. The number of piperidine rings is 1. The van der Waals surface area contributed by atoms with Crippen LogP contribution in [0.2, 0.25) is 0 Å². The molecule has 1 aliphatic carbocycles. The van der Waals surface area contributed by atoms with Gasteiger partial charge in [0.2, 0.25) is 5.91 Å². The van der Waals surface area contributed by atoms with Crippen molar-refractivity contribution in [3.05, 3.63) is 17.0 Å². The molecule has 2 aromatic heterocycles. The van der Waals surface area contributed by atoms with Gasteiger partial charge in [-0.1, -0.05) is 19.3 Å². The van der Waals surface area contributed by atoms with Crippen molar-refractivity contribution in [2.75, 3.05) is 18.0 Å². The molecule has 0 radical (unpaired) electrons. The molecule has 4 rings (SSSR count). The number of carbonyl (C=O) groups excluding carboxylic acids is 1. The van der Waals surface area contributed by atoms with Gasteiger partial charge in [0.05, 0.1) is 0 Å². The standard InChI is InChI=1S/C20H27F3N6O/c1-12-13(2)17(27-29-16(12)25-26-19(29)20(21,22)23)28-10-8-15(9-11-28)24-18(30)14-6-4-3-5-7-14/h14-15H,3-11H2,1-2H3,(H,24,30). The number of fused-ring (bicyclic) bond motifs is 1. The number of nitrogens with zero attached hydrogens (tertiary/aromatic N) is 5. The highest BCUT2D eigenvalue weighted by Gasteiger charge is 2.38. The SMILES string of the molecule is Cc1c(N2CCC(NC(=O)C3CCCCC3)CC2)nn2c(C(F)(F)F)nnc2c1C. The molecule has 1 amide bonds. The molecule has 3 heterocycles. The smallest absolute Gasteiger partial charge is 0.355 e. The van der Waals surface area contributed by atoms with Gasteiger partial charge in [-0.15, -0.1) is 15.3 Å². The lowest BCUT2D eigenvalue weighted by molar-refractivity contribution is -0.146. The molecule has 1 N–H and O–H groups in total. The summed E-state index contributed by atoms with van der Waals surface area (Å²) in [5.74, 6) is -0.321. The van der Waals surface area contributed by atoms with Crippen molar-refractivity contribution in [1.82, 2.24) is 25.1 Å². The Hall–Kier alpha value is -2.39. The number of aryl methyl sites for hydroxylation is 1. The number of carbonyl (C=O) groups is 1. The van der Waals surface area contributed by atoms with Gasteiger partial charge in [-0.3, -0.25) is 4.79 Å². The molecule has 7 nitrogen and oxygen atoms in total. The predicted octanol–water partition coefficient (Wildman–Crippen LogP) is 3.43. The van der Waals surface area contributed by atoms with Gasteiger partial charge >= 0.3 is 6.18 Å². The summed E-state index contributed by atoms with van der Waals surface area (Å²) in [5.41, 5.74) is 1.56. The van der Waals surface area contributed by atoms with E-state index in [0.717, 1.165) is 48.6 Å². The summed E-state index contributed by atoms with van der Waals surface area (Å²) in [6.45, 7) is 4.83. The van der Waals surface area contributed by atoms with E-state index in [1.807, 2.05) is 11.8 Å². The maximum absolute atomic E-state index is 13.3. The van der Waals surface area contributed by atoms with Crippen molar-refractivity contribution in [1.29, 1.82) is 0 Å². The molecule has 0 unspecified atom stereocenters. The fraction of sp³-hybridized carbons (Fsp3) is 0.700. The van der Waals surface area contributed by atoms with E-state index in [1.165, 1.54) is 6.42 Å². The van der Waals surface area contributed by atoms with Crippen molar-refractivity contribution in [3.8, 4) is 0 Å². The summed E-state index contributed by atoms with van der Waals surface area (Å²) in [5, 5.41) is 14.4. The number of rotatable bonds is 3. The first-order chi connectivity index (χ1) is 14.3. The van der Waals surface area contributed by atoms with Crippen LogP contribution in [-0.2, 0) is 11.0 Å². The second-order valence-electron chi connectivity index (χ2n) is 8.44. The average Bonchev–Trinajstić information content (AvgIpc) is 3.17. The fourth-order valence-corrected chi connectivity index (χ4v) is 4.51. The van der Waals surface area contributed by atoms with Crippen LogP contribution in [0.15, 0.2) is 0 Å². The highest BCUT2D eigenvalue weighted by molar-refractivity contribution is 5.79. The van der Waals surface area contributed by atoms with Gasteiger partial charge < -0.3 is 10.2 Å². The Labute approximate surface area is 173 Å². The molecule has 1 aliphatic heterocycles. The third kappa shape index (κ3) is 3.96. The Balaban J connectivity index is 1.48. The first kappa shape index (κ1) is 20.9. The Morgan fingerprint density at radius 2 is 1.67 bits per heavy atom. The molecule has 0 bridgehead atoms. The van der Waals surface area contributed by atoms with Crippen LogP contribution < -0.4 is 10.2 Å². The van der Waals surface area contributed by atoms with Gasteiger partial charge in [-0.05, 0) is 39.5 Å². The van der Waals surface area contributed by atoms with Crippen LogP contribution in [-0.4, -0.2) is 44.8 Å². The normalized spacial score (nSPS) is 19.4. The molecule has 1 saturated heterocycles. The molecule has 164 valence electrons. The minimum Gasteiger partial charge on any atom is -0.355 e. The zero-order chi connectivity index (χ0) is 21.5.